The molecule has 0 aliphatic heterocycles. The summed E-state index contributed by atoms with van der Waals surface area (Å²) >= 11 is 0. The first-order valence-corrected chi connectivity index (χ1v) is 7.55. The molecule has 0 radical (unpaired) electrons. The van der Waals surface area contributed by atoms with Gasteiger partial charge in [0.2, 0.25) is 0 Å². The molecule has 1 aromatic heterocycles. The lowest BCUT2D eigenvalue weighted by Crippen LogP contribution is -2.40. The smallest absolute Gasteiger partial charge is 0.274 e. The number of hydrogen-bond donors (Lipinski definition) is 1. The minimum Gasteiger partial charge on any atom is -0.340 e. The second kappa shape index (κ2) is 8.22. The molecule has 8 heteroatoms. The van der Waals surface area contributed by atoms with E-state index in [0.717, 1.165) is 4.68 Å². The van der Waals surface area contributed by atoms with Gasteiger partial charge in [-0.05, 0) is 42.3 Å². The van der Waals surface area contributed by atoms with E-state index in [1.54, 1.807) is 7.05 Å². The summed E-state index contributed by atoms with van der Waals surface area (Å²) in [4.78, 5) is 26.0. The Morgan fingerprint density at radius 3 is 2.40 bits per heavy atom. The summed E-state index contributed by atoms with van der Waals surface area (Å²) in [7, 11) is 1.66. The van der Waals surface area contributed by atoms with Crippen molar-refractivity contribution < 1.29 is 9.18 Å². The summed E-state index contributed by atoms with van der Waals surface area (Å²) in [6.45, 7) is 4.82. The van der Waals surface area contributed by atoms with Crippen LogP contribution in [0.3, 0.4) is 0 Å². The van der Waals surface area contributed by atoms with Gasteiger partial charge in [-0.2, -0.15) is 9.78 Å². The normalized spacial score (nSPS) is 10.9. The molecule has 0 aliphatic carbocycles. The molecule has 1 amide bonds. The molecule has 2 aromatic rings. The maximum Gasteiger partial charge on any atom is 0.274 e. The van der Waals surface area contributed by atoms with Gasteiger partial charge < -0.3 is 10.6 Å². The van der Waals surface area contributed by atoms with E-state index in [9.17, 15) is 14.0 Å². The Morgan fingerprint density at radius 1 is 1.24 bits per heavy atom. The molecule has 0 saturated carbocycles. The van der Waals surface area contributed by atoms with Crippen molar-refractivity contribution in [2.24, 2.45) is 11.1 Å². The summed E-state index contributed by atoms with van der Waals surface area (Å²) in [5.74, 6) is -0.727. The van der Waals surface area contributed by atoms with Crippen LogP contribution in [0, 0.1) is 11.2 Å². The second-order valence-electron chi connectivity index (χ2n) is 6.47. The maximum absolute atomic E-state index is 13.0. The number of rotatable bonds is 5. The van der Waals surface area contributed by atoms with Crippen molar-refractivity contribution in [2.75, 3.05) is 20.1 Å². The van der Waals surface area contributed by atoms with E-state index < -0.39 is 11.4 Å². The third kappa shape index (κ3) is 5.11. The lowest BCUT2D eigenvalue weighted by Gasteiger charge is -2.28. The molecular formula is C17H22ClFN4O2. The summed E-state index contributed by atoms with van der Waals surface area (Å²) in [6, 6.07) is 7.97. The fourth-order valence-corrected chi connectivity index (χ4v) is 2.27. The third-order valence-electron chi connectivity index (χ3n) is 3.66. The van der Waals surface area contributed by atoms with E-state index >= 15 is 0 Å². The molecular weight excluding hydrogens is 347 g/mol. The molecule has 136 valence electrons. The van der Waals surface area contributed by atoms with E-state index in [-0.39, 0.29) is 29.4 Å². The minimum atomic E-state index is -0.414. The number of aromatic nitrogens is 2. The predicted molar refractivity (Wildman–Crippen MR) is 96.8 cm³/mol. The Bertz CT molecular complexity index is 790. The monoisotopic (exact) mass is 368 g/mol. The molecule has 2 rings (SSSR count). The maximum atomic E-state index is 13.0. The van der Waals surface area contributed by atoms with E-state index in [1.165, 1.54) is 41.3 Å². The molecule has 1 aromatic carbocycles. The standard InChI is InChI=1S/C17H21FN4O2.ClH/c1-17(2,10-19)11-21(3)16(24)14-8-9-15(23)22(20-14)13-6-4-12(18)5-7-13;/h4-9H,10-11,19H2,1-3H3;1H. The quantitative estimate of drug-likeness (QED) is 0.873. The van der Waals surface area contributed by atoms with Gasteiger partial charge in [-0.3, -0.25) is 9.59 Å². The third-order valence-corrected chi connectivity index (χ3v) is 3.66. The molecule has 0 saturated heterocycles. The van der Waals surface area contributed by atoms with Crippen LogP contribution in [0.25, 0.3) is 5.69 Å². The first kappa shape index (κ1) is 20.8. The van der Waals surface area contributed by atoms with Crippen LogP contribution in [0.5, 0.6) is 0 Å². The fourth-order valence-electron chi connectivity index (χ4n) is 2.27. The van der Waals surface area contributed by atoms with Crippen LogP contribution >= 0.6 is 12.4 Å². The van der Waals surface area contributed by atoms with Gasteiger partial charge in [-0.15, -0.1) is 12.4 Å². The van der Waals surface area contributed by atoms with Crippen molar-refractivity contribution in [1.29, 1.82) is 0 Å². The second-order valence-corrected chi connectivity index (χ2v) is 6.47. The van der Waals surface area contributed by atoms with Gasteiger partial charge in [0.1, 0.15) is 11.5 Å². The highest BCUT2D eigenvalue weighted by Gasteiger charge is 2.23. The largest absolute Gasteiger partial charge is 0.340 e. The molecule has 0 atom stereocenters. The highest BCUT2D eigenvalue weighted by molar-refractivity contribution is 5.92. The number of carbonyl (C=O) groups is 1. The average molecular weight is 369 g/mol. The fraction of sp³-hybridized carbons (Fsp3) is 0.353. The number of nitrogens with two attached hydrogens (primary N) is 1. The highest BCUT2D eigenvalue weighted by Crippen LogP contribution is 2.15. The summed E-state index contributed by atoms with van der Waals surface area (Å²) < 4.78 is 14.1. The highest BCUT2D eigenvalue weighted by atomic mass is 35.5. The number of halogens is 2. The van der Waals surface area contributed by atoms with Crippen LogP contribution in [-0.4, -0.2) is 40.7 Å². The first-order chi connectivity index (χ1) is 11.2. The van der Waals surface area contributed by atoms with Crippen molar-refractivity contribution in [1.82, 2.24) is 14.7 Å². The minimum absolute atomic E-state index is 0. The van der Waals surface area contributed by atoms with Crippen LogP contribution in [0.15, 0.2) is 41.2 Å². The lowest BCUT2D eigenvalue weighted by molar-refractivity contribution is 0.0732. The van der Waals surface area contributed by atoms with Crippen LogP contribution in [-0.2, 0) is 0 Å². The molecule has 0 fully saturated rings. The van der Waals surface area contributed by atoms with Crippen molar-refractivity contribution in [3.8, 4) is 5.69 Å². The summed E-state index contributed by atoms with van der Waals surface area (Å²) in [5, 5.41) is 4.11. The Labute approximate surface area is 151 Å². The van der Waals surface area contributed by atoms with Gasteiger partial charge in [-0.1, -0.05) is 13.8 Å². The Balaban J connectivity index is 0.00000312. The van der Waals surface area contributed by atoms with Crippen molar-refractivity contribution >= 4 is 18.3 Å². The number of hydrogen-bond acceptors (Lipinski definition) is 4. The Morgan fingerprint density at radius 2 is 1.84 bits per heavy atom. The summed E-state index contributed by atoms with van der Waals surface area (Å²) in [5.41, 5.74) is 5.59. The van der Waals surface area contributed by atoms with E-state index in [2.05, 4.69) is 5.10 Å². The predicted octanol–water partition coefficient (Wildman–Crippen LogP) is 1.85. The van der Waals surface area contributed by atoms with E-state index in [4.69, 9.17) is 5.73 Å². The number of benzene rings is 1. The zero-order valence-corrected chi connectivity index (χ0v) is 15.2. The molecule has 1 heterocycles. The molecule has 25 heavy (non-hydrogen) atoms. The molecule has 0 spiro atoms. The SMILES string of the molecule is CN(CC(C)(C)CN)C(=O)c1ccc(=O)n(-c2ccc(F)cc2)n1.Cl. The first-order valence-electron chi connectivity index (χ1n) is 7.55. The van der Waals surface area contributed by atoms with Gasteiger partial charge in [0.15, 0.2) is 0 Å². The number of carbonyl (C=O) groups excluding carboxylic acids is 1. The van der Waals surface area contributed by atoms with E-state index in [1.807, 2.05) is 13.8 Å². The van der Waals surface area contributed by atoms with Gasteiger partial charge >= 0.3 is 0 Å². The van der Waals surface area contributed by atoms with Crippen LogP contribution in [0.4, 0.5) is 4.39 Å². The number of amides is 1. The van der Waals surface area contributed by atoms with Gasteiger partial charge in [0.05, 0.1) is 5.69 Å². The van der Waals surface area contributed by atoms with E-state index in [0.29, 0.717) is 18.8 Å². The average Bonchev–Trinajstić information content (AvgIpc) is 2.55. The van der Waals surface area contributed by atoms with Crippen LogP contribution in [0.2, 0.25) is 0 Å². The zero-order valence-electron chi connectivity index (χ0n) is 14.4. The molecule has 0 bridgehead atoms. The molecule has 0 aliphatic rings. The Kier molecular flexibility index (Phi) is 6.84. The van der Waals surface area contributed by atoms with Crippen LogP contribution < -0.4 is 11.3 Å². The van der Waals surface area contributed by atoms with Crippen LogP contribution in [0.1, 0.15) is 24.3 Å². The lowest BCUT2D eigenvalue weighted by atomic mass is 9.93. The van der Waals surface area contributed by atoms with Gasteiger partial charge in [-0.25, -0.2) is 4.39 Å². The Hall–Kier alpha value is -2.25. The van der Waals surface area contributed by atoms with Gasteiger partial charge in [0, 0.05) is 19.7 Å². The topological polar surface area (TPSA) is 81.2 Å². The molecule has 0 unspecified atom stereocenters. The van der Waals surface area contributed by atoms with Crippen molar-refractivity contribution in [2.45, 2.75) is 13.8 Å². The number of nitrogens with zero attached hydrogens (tertiary/aromatic N) is 3. The zero-order chi connectivity index (χ0) is 17.9. The van der Waals surface area contributed by atoms with Gasteiger partial charge in [0.25, 0.3) is 11.5 Å². The molecule has 6 nitrogen and oxygen atoms in total. The summed E-state index contributed by atoms with van der Waals surface area (Å²) in [6.07, 6.45) is 0. The molecule has 2 N–H and O–H groups in total. The van der Waals surface area contributed by atoms with Crippen molar-refractivity contribution in [3.63, 3.8) is 0 Å². The van der Waals surface area contributed by atoms with Crippen molar-refractivity contribution in [3.05, 3.63) is 58.3 Å².